The van der Waals surface area contributed by atoms with Crippen LogP contribution in [0.25, 0.3) is 0 Å². The summed E-state index contributed by atoms with van der Waals surface area (Å²) in [7, 11) is -2.96. The first kappa shape index (κ1) is 47.2. The summed E-state index contributed by atoms with van der Waals surface area (Å²) in [4.78, 5) is 61.7. The van der Waals surface area contributed by atoms with E-state index < -0.39 is 66.8 Å². The Kier molecular flexibility index (Phi) is 18.0. The number of carboxylic acid groups (broad SMARTS) is 1. The molecular formula is C31H30Cl2F4N5O12PS. The van der Waals surface area contributed by atoms with Gasteiger partial charge in [-0.05, 0) is 62.4 Å². The zero-order valence-corrected chi connectivity index (χ0v) is 32.1. The van der Waals surface area contributed by atoms with Crippen molar-refractivity contribution in [1.29, 1.82) is 0 Å². The molecule has 25 heteroatoms. The fraction of sp³-hybridized carbons (Fsp3) is 0.258. The van der Waals surface area contributed by atoms with Crippen molar-refractivity contribution in [2.75, 3.05) is 31.4 Å². The summed E-state index contributed by atoms with van der Waals surface area (Å²) in [5.41, 5.74) is -0.135. The lowest BCUT2D eigenvalue weighted by molar-refractivity contribution is -0.385. The summed E-state index contributed by atoms with van der Waals surface area (Å²) in [6.07, 6.45) is -5.21. The summed E-state index contributed by atoms with van der Waals surface area (Å²) in [5.74, 6) is -2.42. The molecule has 4 rings (SSSR count). The van der Waals surface area contributed by atoms with E-state index in [4.69, 9.17) is 47.6 Å². The number of aromatic nitrogens is 2. The van der Waals surface area contributed by atoms with Gasteiger partial charge < -0.3 is 34.0 Å². The number of carbonyl (C=O) groups is 3. The number of nitrogens with one attached hydrogen (secondary N) is 1. The molecule has 0 aliphatic heterocycles. The second-order valence-electron chi connectivity index (χ2n) is 10.7. The summed E-state index contributed by atoms with van der Waals surface area (Å²) >= 11 is 12.0. The third-order valence-electron chi connectivity index (χ3n) is 6.14. The number of ether oxygens (including phenoxy) is 3. The summed E-state index contributed by atoms with van der Waals surface area (Å²) in [5, 5.41) is 26.4. The number of esters is 1. The van der Waals surface area contributed by atoms with Crippen LogP contribution in [0.5, 0.6) is 16.7 Å². The first-order valence-corrected chi connectivity index (χ1v) is 18.5. The van der Waals surface area contributed by atoms with Crippen LogP contribution in [0, 0.1) is 15.9 Å². The highest BCUT2D eigenvalue weighted by atomic mass is 35.5. The molecule has 56 heavy (non-hydrogen) atoms. The van der Waals surface area contributed by atoms with E-state index in [2.05, 4.69) is 20.3 Å². The number of alkyl halides is 3. The largest absolute Gasteiger partial charge is 0.480 e. The predicted molar refractivity (Wildman–Crippen MR) is 193 cm³/mol. The lowest BCUT2D eigenvalue weighted by Crippen LogP contribution is -2.40. The van der Waals surface area contributed by atoms with Gasteiger partial charge in [0, 0.05) is 28.9 Å². The molecule has 1 heterocycles. The number of nitro benzene ring substituents is 1. The minimum atomic E-state index is -4.61. The number of carboxylic acids is 1. The van der Waals surface area contributed by atoms with E-state index in [9.17, 15) is 46.6 Å². The van der Waals surface area contributed by atoms with Gasteiger partial charge in [-0.2, -0.15) is 13.2 Å². The highest BCUT2D eigenvalue weighted by molar-refractivity contribution is 7.51. The molecule has 1 amide bonds. The van der Waals surface area contributed by atoms with Gasteiger partial charge in [0.15, 0.2) is 6.61 Å². The average molecular weight is 875 g/mol. The van der Waals surface area contributed by atoms with Gasteiger partial charge in [-0.25, -0.2) is 9.18 Å². The van der Waals surface area contributed by atoms with Crippen LogP contribution < -0.4 is 19.7 Å². The summed E-state index contributed by atoms with van der Waals surface area (Å²) in [6.45, 7) is 2.54. The Labute approximate surface area is 328 Å². The molecule has 0 spiro atoms. The summed E-state index contributed by atoms with van der Waals surface area (Å²) in [6, 6.07) is 13.4. The predicted octanol–water partition coefficient (Wildman–Crippen LogP) is 6.79. The number of nitrogens with zero attached hydrogens (tertiary/aromatic N) is 4. The van der Waals surface area contributed by atoms with Crippen molar-refractivity contribution in [2.45, 2.75) is 26.1 Å². The maximum absolute atomic E-state index is 13.0. The molecule has 0 saturated carbocycles. The zero-order valence-electron chi connectivity index (χ0n) is 28.9. The van der Waals surface area contributed by atoms with Gasteiger partial charge in [-0.3, -0.25) is 29.6 Å². The molecule has 4 aromatic rings. The zero-order chi connectivity index (χ0) is 42.4. The van der Waals surface area contributed by atoms with Gasteiger partial charge in [-0.1, -0.05) is 39.6 Å². The van der Waals surface area contributed by atoms with Crippen LogP contribution in [0.2, 0.25) is 10.0 Å². The fourth-order valence-corrected chi connectivity index (χ4v) is 5.32. The molecule has 0 fully saturated rings. The quantitative estimate of drug-likeness (QED) is 0.0355. The molecule has 4 N–H and O–H groups in total. The minimum Gasteiger partial charge on any atom is -0.480 e. The number of amides is 1. The third kappa shape index (κ3) is 16.0. The van der Waals surface area contributed by atoms with Crippen molar-refractivity contribution in [1.82, 2.24) is 15.5 Å². The van der Waals surface area contributed by atoms with Gasteiger partial charge in [0.1, 0.15) is 22.9 Å². The maximum atomic E-state index is 13.0. The number of hydrogen-bond acceptors (Lipinski definition) is 13. The lowest BCUT2D eigenvalue weighted by atomic mass is 10.1. The van der Waals surface area contributed by atoms with E-state index in [1.807, 2.05) is 0 Å². The maximum Gasteiger partial charge on any atom is 0.445 e. The smallest absolute Gasteiger partial charge is 0.445 e. The molecule has 17 nitrogen and oxygen atoms in total. The topological polar surface area (TPSA) is 241 Å². The van der Waals surface area contributed by atoms with E-state index >= 15 is 0 Å². The lowest BCUT2D eigenvalue weighted by Gasteiger charge is -2.26. The van der Waals surface area contributed by atoms with Crippen molar-refractivity contribution in [3.05, 3.63) is 97.2 Å². The Morgan fingerprint density at radius 2 is 1.70 bits per heavy atom. The Bertz CT molecular complexity index is 2040. The van der Waals surface area contributed by atoms with Crippen LogP contribution in [-0.2, 0) is 25.1 Å². The van der Waals surface area contributed by atoms with E-state index in [-0.39, 0.29) is 44.6 Å². The van der Waals surface area contributed by atoms with E-state index in [0.717, 1.165) is 13.2 Å². The number of benzene rings is 3. The number of aliphatic carboxylic acids is 1. The van der Waals surface area contributed by atoms with E-state index in [1.54, 1.807) is 26.0 Å². The highest BCUT2D eigenvalue weighted by Gasteiger charge is 2.36. The first-order chi connectivity index (χ1) is 26.0. The van der Waals surface area contributed by atoms with Gasteiger partial charge in [-0.15, -0.1) is 5.10 Å². The molecule has 1 aromatic heterocycles. The highest BCUT2D eigenvalue weighted by Crippen LogP contribution is 2.35. The molecule has 0 radical (unpaired) electrons. The van der Waals surface area contributed by atoms with E-state index in [0.29, 0.717) is 16.5 Å². The van der Waals surface area contributed by atoms with Gasteiger partial charge in [0.2, 0.25) is 5.01 Å². The van der Waals surface area contributed by atoms with Crippen LogP contribution in [0.15, 0.2) is 60.7 Å². The molecule has 0 aliphatic rings. The van der Waals surface area contributed by atoms with Crippen molar-refractivity contribution < 1.29 is 70.5 Å². The second-order valence-corrected chi connectivity index (χ2v) is 14.2. The number of hydrogen-bond donors (Lipinski definition) is 4. The van der Waals surface area contributed by atoms with Crippen molar-refractivity contribution in [3.8, 4) is 16.7 Å². The number of methoxy groups -OCH3 is 1. The molecule has 0 unspecified atom stereocenters. The number of anilines is 1. The van der Waals surface area contributed by atoms with Crippen LogP contribution >= 0.6 is 42.1 Å². The molecule has 3 aromatic carbocycles. The Hall–Kier alpha value is -4.96. The molecule has 0 bridgehead atoms. The SMILES string of the molecule is CC(C)N(C(=O)COc1nnc(C(F)(F)F)s1)c1ccc(F)cc1.COC(=O)c1cc(Oc2ccc(Cl)cc2Cl)ccc1[N+](=O)[O-].O=C(O)CNCP(=O)(O)O. The molecular weight excluding hydrogens is 844 g/mol. The van der Waals surface area contributed by atoms with Crippen LogP contribution in [0.1, 0.15) is 29.2 Å². The standard InChI is InChI=1S/C14H9Cl2NO5.C14H13F4N3O2S.C3H8NO5P/c1-21-14(18)10-7-9(3-4-12(10)17(19)20)22-13-5-2-8(15)6-11(13)16;1-8(2)21(10-5-3-9(15)4-6-10)11(22)7-23-13-20-19-12(24-13)14(16,17)18;5-3(6)1-4-2-10(7,8)9/h2-7H,1H3;3-6,8H,7H2,1-2H3;4H,1-2H2,(H,5,6)(H2,7,8,9). The van der Waals surface area contributed by atoms with Crippen LogP contribution in [0.4, 0.5) is 28.9 Å². The number of carbonyl (C=O) groups excluding carboxylic acids is 2. The fourth-order valence-electron chi connectivity index (χ4n) is 3.91. The van der Waals surface area contributed by atoms with E-state index in [1.165, 1.54) is 47.4 Å². The van der Waals surface area contributed by atoms with Crippen LogP contribution in [0.3, 0.4) is 0 Å². The second kappa shape index (κ2) is 21.4. The van der Waals surface area contributed by atoms with Gasteiger partial charge >= 0.3 is 25.7 Å². The van der Waals surface area contributed by atoms with Crippen LogP contribution in [-0.4, -0.2) is 80.4 Å². The molecule has 0 saturated heterocycles. The minimum absolute atomic E-state index is 0.204. The number of nitro groups is 1. The summed E-state index contributed by atoms with van der Waals surface area (Å²) < 4.78 is 75.4. The molecule has 0 aliphatic carbocycles. The number of halogens is 6. The average Bonchev–Trinajstić information content (AvgIpc) is 3.59. The van der Waals surface area contributed by atoms with Crippen molar-refractivity contribution >= 4 is 71.4 Å². The third-order valence-corrected chi connectivity index (χ3v) is 8.19. The number of rotatable bonds is 13. The molecule has 0 atom stereocenters. The monoisotopic (exact) mass is 873 g/mol. The Morgan fingerprint density at radius 1 is 1.05 bits per heavy atom. The Balaban J connectivity index is 0.000000314. The van der Waals surface area contributed by atoms with Gasteiger partial charge in [0.25, 0.3) is 16.8 Å². The normalized spacial score (nSPS) is 11.0. The van der Waals surface area contributed by atoms with Crippen molar-refractivity contribution in [2.24, 2.45) is 0 Å². The first-order valence-electron chi connectivity index (χ1n) is 15.1. The Morgan fingerprint density at radius 3 is 2.20 bits per heavy atom. The van der Waals surface area contributed by atoms with Gasteiger partial charge in [0.05, 0.1) is 29.9 Å². The van der Waals surface area contributed by atoms with Crippen molar-refractivity contribution in [3.63, 3.8) is 0 Å². The molecule has 304 valence electrons.